The first-order chi connectivity index (χ1) is 20.3. The number of aliphatic imine (C=N–C) groups is 1. The number of amides is 1. The van der Waals surface area contributed by atoms with Crippen molar-refractivity contribution >= 4 is 40.8 Å². The molecule has 6 rings (SSSR count). The smallest absolute Gasteiger partial charge is 0.322 e. The lowest BCUT2D eigenvalue weighted by Gasteiger charge is -2.31. The van der Waals surface area contributed by atoms with Gasteiger partial charge in [0.15, 0.2) is 0 Å². The highest BCUT2D eigenvalue weighted by Crippen LogP contribution is 2.34. The van der Waals surface area contributed by atoms with E-state index in [-0.39, 0.29) is 36.2 Å². The van der Waals surface area contributed by atoms with Crippen LogP contribution in [0, 0.1) is 11.6 Å². The molecule has 12 heteroatoms. The number of carboxylic acids is 1. The predicted molar refractivity (Wildman–Crippen MR) is 153 cm³/mol. The Morgan fingerprint density at radius 3 is 2.55 bits per heavy atom. The van der Waals surface area contributed by atoms with Gasteiger partial charge in [0, 0.05) is 58.8 Å². The van der Waals surface area contributed by atoms with Gasteiger partial charge in [-0.05, 0) is 48.5 Å². The first kappa shape index (κ1) is 27.4. The van der Waals surface area contributed by atoms with Crippen molar-refractivity contribution in [2.75, 3.05) is 25.0 Å². The second-order valence-corrected chi connectivity index (χ2v) is 10.3. The Labute approximate surface area is 243 Å². The van der Waals surface area contributed by atoms with Gasteiger partial charge < -0.3 is 20.6 Å². The Bertz CT molecular complexity index is 1730. The van der Waals surface area contributed by atoms with E-state index in [0.717, 1.165) is 0 Å². The van der Waals surface area contributed by atoms with Crippen LogP contribution in [0.2, 0.25) is 5.02 Å². The Kier molecular flexibility index (Phi) is 7.36. The average Bonchev–Trinajstić information content (AvgIpc) is 3.14. The number of aliphatic carboxylic acids is 1. The highest BCUT2D eigenvalue weighted by molar-refractivity contribution is 6.31. The van der Waals surface area contributed by atoms with Gasteiger partial charge in [-0.25, -0.2) is 18.7 Å². The molecule has 0 spiro atoms. The first-order valence-electron chi connectivity index (χ1n) is 13.1. The van der Waals surface area contributed by atoms with E-state index in [2.05, 4.69) is 20.6 Å². The summed E-state index contributed by atoms with van der Waals surface area (Å²) in [6.45, 7) is 0.984. The average molecular weight is 589 g/mol. The second kappa shape index (κ2) is 11.3. The van der Waals surface area contributed by atoms with E-state index in [1.807, 2.05) is 0 Å². The summed E-state index contributed by atoms with van der Waals surface area (Å²) in [4.78, 5) is 39.4. The minimum absolute atomic E-state index is 0.0821. The number of benzene rings is 3. The zero-order chi connectivity index (χ0) is 29.4. The van der Waals surface area contributed by atoms with Gasteiger partial charge in [0.25, 0.3) is 5.91 Å². The number of carbonyl (C=O) groups excluding carboxylic acids is 1. The summed E-state index contributed by atoms with van der Waals surface area (Å²) in [5.74, 6) is -2.46. The van der Waals surface area contributed by atoms with Gasteiger partial charge in [0.2, 0.25) is 5.95 Å². The maximum absolute atomic E-state index is 14.8. The van der Waals surface area contributed by atoms with Crippen LogP contribution in [-0.2, 0) is 11.3 Å². The molecular weight excluding hydrogens is 566 g/mol. The van der Waals surface area contributed by atoms with Gasteiger partial charge in [-0.3, -0.25) is 14.6 Å². The number of carboxylic acid groups (broad SMARTS) is 1. The van der Waals surface area contributed by atoms with Gasteiger partial charge in [-0.1, -0.05) is 23.7 Å². The fraction of sp³-hybridized carbons (Fsp3) is 0.167. The molecule has 3 heterocycles. The van der Waals surface area contributed by atoms with E-state index >= 15 is 0 Å². The number of nitrogens with zero attached hydrogens (tertiary/aromatic N) is 4. The van der Waals surface area contributed by atoms with Gasteiger partial charge in [0.1, 0.15) is 17.7 Å². The molecule has 3 aromatic carbocycles. The van der Waals surface area contributed by atoms with Crippen molar-refractivity contribution in [1.82, 2.24) is 20.2 Å². The molecule has 1 fully saturated rings. The zero-order valence-electron chi connectivity index (χ0n) is 21.9. The van der Waals surface area contributed by atoms with Gasteiger partial charge >= 0.3 is 5.97 Å². The van der Waals surface area contributed by atoms with E-state index in [4.69, 9.17) is 16.6 Å². The number of anilines is 2. The van der Waals surface area contributed by atoms with Crippen LogP contribution in [0.4, 0.5) is 20.4 Å². The molecule has 1 saturated heterocycles. The summed E-state index contributed by atoms with van der Waals surface area (Å²) in [7, 11) is 0. The molecule has 0 bridgehead atoms. The highest BCUT2D eigenvalue weighted by atomic mass is 35.5. The molecule has 0 saturated carbocycles. The molecule has 1 atom stereocenters. The summed E-state index contributed by atoms with van der Waals surface area (Å²) < 4.78 is 29.6. The maximum atomic E-state index is 14.8. The van der Waals surface area contributed by atoms with Crippen LogP contribution in [-0.4, -0.2) is 63.2 Å². The van der Waals surface area contributed by atoms with Gasteiger partial charge in [-0.15, -0.1) is 0 Å². The molecule has 1 amide bonds. The van der Waals surface area contributed by atoms with Crippen LogP contribution in [0.5, 0.6) is 0 Å². The molecule has 2 aliphatic rings. The monoisotopic (exact) mass is 588 g/mol. The van der Waals surface area contributed by atoms with E-state index in [0.29, 0.717) is 51.7 Å². The summed E-state index contributed by atoms with van der Waals surface area (Å²) in [6, 6.07) is 14.6. The summed E-state index contributed by atoms with van der Waals surface area (Å²) >= 11 is 6.29. The normalized spacial score (nSPS) is 16.1. The highest BCUT2D eigenvalue weighted by Gasteiger charge is 2.28. The SMILES string of the molecule is O=C(O)C1CN(C(=O)c2ccc(Nc3ncc4c(n3)-c3ccc(Cl)cc3C(c3c(F)cccc3F)=NC4)cc2)CCN1. The third-order valence-electron chi connectivity index (χ3n) is 7.11. The molecule has 9 nitrogen and oxygen atoms in total. The van der Waals surface area contributed by atoms with E-state index < -0.39 is 23.6 Å². The number of halogens is 3. The third-order valence-corrected chi connectivity index (χ3v) is 7.35. The lowest BCUT2D eigenvalue weighted by Crippen LogP contribution is -2.55. The fourth-order valence-corrected chi connectivity index (χ4v) is 5.20. The number of hydrogen-bond donors (Lipinski definition) is 3. The molecule has 1 aromatic heterocycles. The van der Waals surface area contributed by atoms with Crippen molar-refractivity contribution < 1.29 is 23.5 Å². The van der Waals surface area contributed by atoms with E-state index in [9.17, 15) is 23.5 Å². The van der Waals surface area contributed by atoms with Gasteiger partial charge in [0.05, 0.1) is 23.5 Å². The Hall–Kier alpha value is -4.74. The standard InChI is InChI=1S/C30H23ClF2N6O3/c31-18-6-9-20-21(12-18)27(25-22(32)2-1-3-23(25)33)35-13-17-14-36-30(38-26(17)20)37-19-7-4-16(5-8-19)28(40)39-11-10-34-24(15-39)29(41)42/h1-9,12,14,24,34H,10-11,13,15H2,(H,41,42)(H,36,37,38). The van der Waals surface area contributed by atoms with Crippen molar-refractivity contribution in [3.8, 4) is 11.3 Å². The number of nitrogens with one attached hydrogen (secondary N) is 2. The van der Waals surface area contributed by atoms with Crippen molar-refractivity contribution in [2.24, 2.45) is 4.99 Å². The molecule has 42 heavy (non-hydrogen) atoms. The molecule has 212 valence electrons. The Morgan fingerprint density at radius 2 is 1.81 bits per heavy atom. The van der Waals surface area contributed by atoms with Crippen molar-refractivity contribution in [1.29, 1.82) is 0 Å². The van der Waals surface area contributed by atoms with Crippen LogP contribution in [0.3, 0.4) is 0 Å². The van der Waals surface area contributed by atoms with Gasteiger partial charge in [-0.2, -0.15) is 0 Å². The zero-order valence-corrected chi connectivity index (χ0v) is 22.7. The predicted octanol–water partition coefficient (Wildman–Crippen LogP) is 4.67. The second-order valence-electron chi connectivity index (χ2n) is 9.82. The molecular formula is C30H23ClF2N6O3. The quantitative estimate of drug-likeness (QED) is 0.310. The van der Waals surface area contributed by atoms with Crippen LogP contribution in [0.15, 0.2) is 71.9 Å². The number of aromatic nitrogens is 2. The molecule has 1 unspecified atom stereocenters. The molecule has 4 aromatic rings. The van der Waals surface area contributed by atoms with Crippen LogP contribution in [0.25, 0.3) is 11.3 Å². The Balaban J connectivity index is 1.27. The first-order valence-corrected chi connectivity index (χ1v) is 13.4. The lowest BCUT2D eigenvalue weighted by molar-refractivity contribution is -0.140. The van der Waals surface area contributed by atoms with Crippen molar-refractivity contribution in [3.63, 3.8) is 0 Å². The minimum atomic E-state index is -0.999. The topological polar surface area (TPSA) is 120 Å². The third kappa shape index (κ3) is 5.31. The van der Waals surface area contributed by atoms with E-state index in [1.54, 1.807) is 48.7 Å². The Morgan fingerprint density at radius 1 is 1.05 bits per heavy atom. The lowest BCUT2D eigenvalue weighted by atomic mass is 9.95. The van der Waals surface area contributed by atoms with Crippen LogP contribution in [0.1, 0.15) is 27.0 Å². The van der Waals surface area contributed by atoms with Crippen LogP contribution < -0.4 is 10.6 Å². The molecule has 3 N–H and O–H groups in total. The maximum Gasteiger partial charge on any atom is 0.322 e. The van der Waals surface area contributed by atoms with Crippen molar-refractivity contribution in [3.05, 3.63) is 106 Å². The fourth-order valence-electron chi connectivity index (χ4n) is 5.03. The van der Waals surface area contributed by atoms with Crippen LogP contribution >= 0.6 is 11.6 Å². The number of carbonyl (C=O) groups is 2. The summed E-state index contributed by atoms with van der Waals surface area (Å²) in [6.07, 6.45) is 1.61. The molecule has 2 aliphatic heterocycles. The summed E-state index contributed by atoms with van der Waals surface area (Å²) in [5, 5.41) is 15.6. The number of piperazine rings is 1. The number of rotatable bonds is 5. The van der Waals surface area contributed by atoms with Crippen molar-refractivity contribution in [2.45, 2.75) is 12.6 Å². The minimum Gasteiger partial charge on any atom is -0.480 e. The number of fused-ring (bicyclic) bond motifs is 3. The largest absolute Gasteiger partial charge is 0.480 e. The summed E-state index contributed by atoms with van der Waals surface area (Å²) in [5.41, 5.74) is 3.16. The molecule has 0 radical (unpaired) electrons. The number of hydrogen-bond acceptors (Lipinski definition) is 7. The van der Waals surface area contributed by atoms with E-state index in [1.165, 1.54) is 23.1 Å². The molecule has 0 aliphatic carbocycles.